The molecule has 1 aliphatic carbocycles. The molecule has 2 aromatic rings. The van der Waals surface area contributed by atoms with Gasteiger partial charge in [0, 0.05) is 37.2 Å². The molecule has 3 nitrogen and oxygen atoms in total. The van der Waals surface area contributed by atoms with Gasteiger partial charge in [-0.15, -0.1) is 0 Å². The van der Waals surface area contributed by atoms with E-state index >= 15 is 0 Å². The second-order valence-corrected chi connectivity index (χ2v) is 6.82. The van der Waals surface area contributed by atoms with Crippen molar-refractivity contribution < 1.29 is 4.39 Å². The maximum Gasteiger partial charge on any atom is 0.135 e. The molecule has 0 fully saturated rings. The highest BCUT2D eigenvalue weighted by atomic mass is 19.1. The van der Waals surface area contributed by atoms with Crippen molar-refractivity contribution >= 4 is 11.6 Å². The van der Waals surface area contributed by atoms with Crippen LogP contribution in [0.1, 0.15) is 29.8 Å². The molecule has 2 aliphatic rings. The molecule has 2 heterocycles. The summed E-state index contributed by atoms with van der Waals surface area (Å²) >= 11 is 0. The highest BCUT2D eigenvalue weighted by Crippen LogP contribution is 2.34. The molecule has 1 aliphatic heterocycles. The molecule has 0 radical (unpaired) electrons. The van der Waals surface area contributed by atoms with Crippen molar-refractivity contribution in [1.29, 1.82) is 0 Å². The third-order valence-corrected chi connectivity index (χ3v) is 4.96. The SMILES string of the molecule is Cc1ccc(/C=C\C2=CCNC3=C2CCC(c2nccn2C)=C3)c(F)c1. The van der Waals surface area contributed by atoms with Crippen molar-refractivity contribution in [1.82, 2.24) is 14.9 Å². The molecular formula is C22H22FN3. The molecule has 1 aromatic carbocycles. The van der Waals surface area contributed by atoms with Gasteiger partial charge in [0.25, 0.3) is 0 Å². The molecule has 1 aromatic heterocycles. The molecule has 0 saturated heterocycles. The molecule has 0 saturated carbocycles. The highest BCUT2D eigenvalue weighted by molar-refractivity contribution is 5.69. The van der Waals surface area contributed by atoms with Crippen LogP contribution in [0.3, 0.4) is 0 Å². The average Bonchev–Trinajstić information content (AvgIpc) is 3.06. The minimum Gasteiger partial charge on any atom is -0.381 e. The monoisotopic (exact) mass is 347 g/mol. The van der Waals surface area contributed by atoms with Crippen LogP contribution >= 0.6 is 0 Å². The summed E-state index contributed by atoms with van der Waals surface area (Å²) in [7, 11) is 2.02. The number of rotatable bonds is 3. The summed E-state index contributed by atoms with van der Waals surface area (Å²) in [5.74, 6) is 0.845. The van der Waals surface area contributed by atoms with Crippen LogP contribution in [0, 0.1) is 12.7 Å². The van der Waals surface area contributed by atoms with E-state index in [1.807, 2.05) is 50.6 Å². The van der Waals surface area contributed by atoms with Crippen molar-refractivity contribution in [2.45, 2.75) is 19.8 Å². The maximum atomic E-state index is 14.1. The van der Waals surface area contributed by atoms with Gasteiger partial charge in [-0.1, -0.05) is 30.4 Å². The van der Waals surface area contributed by atoms with Crippen LogP contribution in [0.25, 0.3) is 11.6 Å². The lowest BCUT2D eigenvalue weighted by Gasteiger charge is -2.25. The van der Waals surface area contributed by atoms with Gasteiger partial charge in [-0.3, -0.25) is 0 Å². The molecule has 0 bridgehead atoms. The number of benzene rings is 1. The first kappa shape index (κ1) is 16.6. The first-order valence-corrected chi connectivity index (χ1v) is 8.92. The summed E-state index contributed by atoms with van der Waals surface area (Å²) in [5, 5.41) is 3.46. The van der Waals surface area contributed by atoms with Gasteiger partial charge in [0.2, 0.25) is 0 Å². The molecule has 0 atom stereocenters. The average molecular weight is 347 g/mol. The molecular weight excluding hydrogens is 325 g/mol. The Labute approximate surface area is 153 Å². The molecule has 0 spiro atoms. The van der Waals surface area contributed by atoms with Crippen LogP contribution in [-0.2, 0) is 7.05 Å². The lowest BCUT2D eigenvalue weighted by atomic mass is 9.88. The van der Waals surface area contributed by atoms with Gasteiger partial charge >= 0.3 is 0 Å². The lowest BCUT2D eigenvalue weighted by molar-refractivity contribution is 0.624. The number of halogens is 1. The normalized spacial score (nSPS) is 17.0. The number of allylic oxidation sites excluding steroid dienone is 5. The molecule has 0 amide bonds. The van der Waals surface area contributed by atoms with Gasteiger partial charge in [0.15, 0.2) is 0 Å². The predicted molar refractivity (Wildman–Crippen MR) is 104 cm³/mol. The zero-order chi connectivity index (χ0) is 18.1. The van der Waals surface area contributed by atoms with Gasteiger partial charge in [-0.25, -0.2) is 9.37 Å². The summed E-state index contributed by atoms with van der Waals surface area (Å²) in [6, 6.07) is 5.34. The molecule has 4 rings (SSSR count). The molecule has 4 heteroatoms. The van der Waals surface area contributed by atoms with E-state index in [0.29, 0.717) is 5.56 Å². The fourth-order valence-corrected chi connectivity index (χ4v) is 3.55. The lowest BCUT2D eigenvalue weighted by Crippen LogP contribution is -2.21. The van der Waals surface area contributed by atoms with Crippen LogP contribution in [0.5, 0.6) is 0 Å². The molecule has 132 valence electrons. The van der Waals surface area contributed by atoms with Crippen molar-refractivity contribution in [3.8, 4) is 0 Å². The molecule has 26 heavy (non-hydrogen) atoms. The third kappa shape index (κ3) is 3.15. The topological polar surface area (TPSA) is 29.9 Å². The van der Waals surface area contributed by atoms with Crippen LogP contribution in [0.2, 0.25) is 0 Å². The van der Waals surface area contributed by atoms with E-state index in [4.69, 9.17) is 0 Å². The number of hydrogen-bond donors (Lipinski definition) is 1. The fourth-order valence-electron chi connectivity index (χ4n) is 3.55. The zero-order valence-corrected chi connectivity index (χ0v) is 15.1. The minimum atomic E-state index is -0.175. The van der Waals surface area contributed by atoms with Gasteiger partial charge in [0.1, 0.15) is 11.6 Å². The maximum absolute atomic E-state index is 14.1. The predicted octanol–water partition coefficient (Wildman–Crippen LogP) is 4.54. The van der Waals surface area contributed by atoms with E-state index in [-0.39, 0.29) is 5.82 Å². The van der Waals surface area contributed by atoms with Crippen molar-refractivity contribution in [2.24, 2.45) is 7.05 Å². The number of nitrogens with one attached hydrogen (secondary N) is 1. The quantitative estimate of drug-likeness (QED) is 0.883. The van der Waals surface area contributed by atoms with Gasteiger partial charge < -0.3 is 9.88 Å². The number of dihydropyridines is 1. The summed E-state index contributed by atoms with van der Waals surface area (Å²) in [5.41, 5.74) is 6.42. The number of imidazole rings is 1. The van der Waals surface area contributed by atoms with E-state index < -0.39 is 0 Å². The van der Waals surface area contributed by atoms with Gasteiger partial charge in [0.05, 0.1) is 0 Å². The van der Waals surface area contributed by atoms with E-state index in [2.05, 4.69) is 27.0 Å². The Morgan fingerprint density at radius 2 is 2.12 bits per heavy atom. The Bertz CT molecular complexity index is 973. The first-order chi connectivity index (χ1) is 12.6. The standard InChI is InChI=1S/C22H22FN3/c1-15-3-4-17(20(23)13-15)6-5-16-9-10-24-21-14-18(7-8-19(16)21)22-25-11-12-26(22)2/h3-6,9,11-14,24H,7-8,10H2,1-2H3/b6-5-. The second kappa shape index (κ2) is 6.79. The Kier molecular flexibility index (Phi) is 4.33. The van der Waals surface area contributed by atoms with Crippen molar-refractivity contribution in [3.63, 3.8) is 0 Å². The van der Waals surface area contributed by atoms with Crippen LogP contribution in [-0.4, -0.2) is 16.1 Å². The first-order valence-electron chi connectivity index (χ1n) is 8.92. The molecule has 0 unspecified atom stereocenters. The summed E-state index contributed by atoms with van der Waals surface area (Å²) < 4.78 is 16.1. The highest BCUT2D eigenvalue weighted by Gasteiger charge is 2.20. The third-order valence-electron chi connectivity index (χ3n) is 4.96. The van der Waals surface area contributed by atoms with Crippen LogP contribution in [0.4, 0.5) is 4.39 Å². The smallest absolute Gasteiger partial charge is 0.135 e. The van der Waals surface area contributed by atoms with Crippen molar-refractivity contribution in [2.75, 3.05) is 6.54 Å². The Balaban J connectivity index is 1.62. The van der Waals surface area contributed by atoms with E-state index in [0.717, 1.165) is 36.5 Å². The Hall–Kier alpha value is -2.88. The second-order valence-electron chi connectivity index (χ2n) is 6.82. The number of aromatic nitrogens is 2. The van der Waals surface area contributed by atoms with E-state index in [1.165, 1.54) is 16.7 Å². The van der Waals surface area contributed by atoms with Crippen molar-refractivity contribution in [3.05, 3.63) is 88.4 Å². The number of nitrogens with zero attached hydrogens (tertiary/aromatic N) is 2. The van der Waals surface area contributed by atoms with E-state index in [9.17, 15) is 4.39 Å². The Morgan fingerprint density at radius 1 is 1.23 bits per heavy atom. The Morgan fingerprint density at radius 3 is 2.88 bits per heavy atom. The van der Waals surface area contributed by atoms with Crippen LogP contribution < -0.4 is 5.32 Å². The molecule has 1 N–H and O–H groups in total. The zero-order valence-electron chi connectivity index (χ0n) is 15.1. The summed E-state index contributed by atoms with van der Waals surface area (Å²) in [6.45, 7) is 2.68. The summed E-state index contributed by atoms with van der Waals surface area (Å²) in [6.07, 6.45) is 14.0. The largest absolute Gasteiger partial charge is 0.381 e. The fraction of sp³-hybridized carbons (Fsp3) is 0.227. The van der Waals surface area contributed by atoms with Crippen LogP contribution in [0.15, 0.2) is 65.7 Å². The number of aryl methyl sites for hydroxylation is 2. The van der Waals surface area contributed by atoms with Gasteiger partial charge in [-0.05, 0) is 54.2 Å². The minimum absolute atomic E-state index is 0.175. The van der Waals surface area contributed by atoms with Gasteiger partial charge in [-0.2, -0.15) is 0 Å². The number of hydrogen-bond acceptors (Lipinski definition) is 2. The van der Waals surface area contributed by atoms with E-state index in [1.54, 1.807) is 6.07 Å². The summed E-state index contributed by atoms with van der Waals surface area (Å²) in [4.78, 5) is 4.46.